The van der Waals surface area contributed by atoms with Crippen molar-refractivity contribution in [2.45, 2.75) is 51.4 Å². The minimum atomic E-state index is -3.07. The van der Waals surface area contributed by atoms with Gasteiger partial charge in [-0.1, -0.05) is 0 Å². The summed E-state index contributed by atoms with van der Waals surface area (Å²) in [6.07, 6.45) is -0.226. The fraction of sp³-hybridized carbons (Fsp3) is 0.435. The smallest absolute Gasteiger partial charge is 0.405 e. The van der Waals surface area contributed by atoms with Gasteiger partial charge in [0.1, 0.15) is 6.04 Å². The Morgan fingerprint density at radius 1 is 1.24 bits per heavy atom. The number of ether oxygens (including phenoxy) is 3. The molecule has 1 aliphatic carbocycles. The van der Waals surface area contributed by atoms with Gasteiger partial charge >= 0.3 is 12.7 Å². The van der Waals surface area contributed by atoms with E-state index in [2.05, 4.69) is 20.4 Å². The van der Waals surface area contributed by atoms with Crippen LogP contribution in [0.25, 0.3) is 11.5 Å². The highest BCUT2D eigenvalue weighted by atomic mass is 19.3. The summed E-state index contributed by atoms with van der Waals surface area (Å²) >= 11 is 0. The minimum Gasteiger partial charge on any atom is -0.489 e. The molecule has 14 heteroatoms. The number of aromatic nitrogens is 1. The molecule has 1 aliphatic heterocycles. The Balaban J connectivity index is 1.65. The van der Waals surface area contributed by atoms with Gasteiger partial charge in [-0.15, -0.1) is 0 Å². The molecular weight excluding hydrogens is 498 g/mol. The summed E-state index contributed by atoms with van der Waals surface area (Å²) in [6.45, 7) is -1.37. The number of nitrogens with two attached hydrogens (primary N) is 1. The van der Waals surface area contributed by atoms with E-state index in [0.717, 1.165) is 12.8 Å². The van der Waals surface area contributed by atoms with Crippen LogP contribution in [0.15, 0.2) is 22.6 Å². The van der Waals surface area contributed by atoms with E-state index < -0.39 is 42.6 Å². The second-order valence-corrected chi connectivity index (χ2v) is 8.58. The molecule has 0 bridgehead atoms. The van der Waals surface area contributed by atoms with Crippen molar-refractivity contribution in [1.29, 1.82) is 0 Å². The zero-order valence-corrected chi connectivity index (χ0v) is 19.6. The van der Waals surface area contributed by atoms with Crippen LogP contribution in [0.4, 0.5) is 13.6 Å². The lowest BCUT2D eigenvalue weighted by Gasteiger charge is -2.21. The number of alkyl halides is 2. The zero-order chi connectivity index (χ0) is 26.7. The molecule has 4 rings (SSSR count). The van der Waals surface area contributed by atoms with Crippen molar-refractivity contribution in [3.8, 4) is 23.0 Å². The summed E-state index contributed by atoms with van der Waals surface area (Å²) in [5.41, 5.74) is 5.04. The lowest BCUT2D eigenvalue weighted by atomic mass is 10.1. The van der Waals surface area contributed by atoms with Crippen LogP contribution in [0.1, 0.15) is 55.0 Å². The number of hydrogen-bond acceptors (Lipinski definition) is 9. The Bertz CT molecular complexity index is 1210. The molecule has 1 saturated carbocycles. The second kappa shape index (κ2) is 10.8. The number of oxazole rings is 1. The summed E-state index contributed by atoms with van der Waals surface area (Å²) in [5.74, 6) is -2.10. The summed E-state index contributed by atoms with van der Waals surface area (Å²) < 4.78 is 46.6. The van der Waals surface area contributed by atoms with Crippen LogP contribution in [0.3, 0.4) is 0 Å². The first kappa shape index (κ1) is 25.9. The maximum atomic E-state index is 13.0. The molecule has 2 fully saturated rings. The molecule has 2 heterocycles. The van der Waals surface area contributed by atoms with E-state index in [1.54, 1.807) is 0 Å². The van der Waals surface area contributed by atoms with Crippen LogP contribution in [0.2, 0.25) is 0 Å². The fourth-order valence-electron chi connectivity index (χ4n) is 3.62. The number of primary amides is 1. The fourth-order valence-corrected chi connectivity index (χ4v) is 3.62. The van der Waals surface area contributed by atoms with Gasteiger partial charge in [-0.25, -0.2) is 9.78 Å². The Hall–Kier alpha value is -4.23. The molecule has 2 aliphatic rings. The number of nitrogens with one attached hydrogen (secondary N) is 2. The molecule has 0 spiro atoms. The largest absolute Gasteiger partial charge is 0.489 e. The molecule has 4 N–H and O–H groups in total. The van der Waals surface area contributed by atoms with Gasteiger partial charge in [-0.3, -0.25) is 19.7 Å². The standard InChI is InChI=1S/C23H24F2N4O8/c1-10(35-23(26)33)18-17(20(32)27-13-5-7-16(30)28-19(13)31)29-21(37-18)12-4-6-14(36-22(24)25)15(8-12)34-9-11-2-3-11/h4,6,8,10-11,13,22H,2-3,5,7,9H2,1H3,(H2,26,33)(H,27,32)(H,28,30,31)/t10-,13?/m0/s1. The zero-order valence-electron chi connectivity index (χ0n) is 19.6. The Labute approximate surface area is 208 Å². The van der Waals surface area contributed by atoms with E-state index in [9.17, 15) is 28.0 Å². The first-order valence-corrected chi connectivity index (χ1v) is 11.4. The average Bonchev–Trinajstić information content (AvgIpc) is 3.54. The highest BCUT2D eigenvalue weighted by Crippen LogP contribution is 2.37. The average molecular weight is 522 g/mol. The molecule has 1 unspecified atom stereocenters. The second-order valence-electron chi connectivity index (χ2n) is 8.58. The Morgan fingerprint density at radius 3 is 2.65 bits per heavy atom. The molecule has 4 amide bonds. The topological polar surface area (TPSA) is 172 Å². The lowest BCUT2D eigenvalue weighted by Crippen LogP contribution is -2.52. The van der Waals surface area contributed by atoms with Crippen molar-refractivity contribution in [3.63, 3.8) is 0 Å². The van der Waals surface area contributed by atoms with Gasteiger partial charge in [-0.05, 0) is 50.3 Å². The third-order valence-corrected chi connectivity index (χ3v) is 5.65. The molecule has 37 heavy (non-hydrogen) atoms. The summed E-state index contributed by atoms with van der Waals surface area (Å²) in [7, 11) is 0. The van der Waals surface area contributed by atoms with E-state index in [1.165, 1.54) is 25.1 Å². The molecule has 1 saturated heterocycles. The van der Waals surface area contributed by atoms with Gasteiger partial charge in [0.15, 0.2) is 29.1 Å². The molecule has 2 aromatic rings. The van der Waals surface area contributed by atoms with Gasteiger partial charge in [0.2, 0.25) is 17.7 Å². The third-order valence-electron chi connectivity index (χ3n) is 5.65. The highest BCUT2D eigenvalue weighted by Gasteiger charge is 2.32. The first-order valence-electron chi connectivity index (χ1n) is 11.4. The van der Waals surface area contributed by atoms with E-state index in [-0.39, 0.29) is 47.2 Å². The minimum absolute atomic E-state index is 0.0282. The van der Waals surface area contributed by atoms with Gasteiger partial charge < -0.3 is 29.7 Å². The van der Waals surface area contributed by atoms with Crippen molar-refractivity contribution >= 4 is 23.8 Å². The van der Waals surface area contributed by atoms with Crippen LogP contribution in [-0.4, -0.2) is 48.1 Å². The SMILES string of the molecule is C[C@H](OC(N)=O)c1oc(-c2ccc(OC(F)F)c(OCC3CC3)c2)nc1C(=O)NC1CCC(=O)NC1=O. The number of carbonyl (C=O) groups is 4. The summed E-state index contributed by atoms with van der Waals surface area (Å²) in [5, 5.41) is 4.60. The highest BCUT2D eigenvalue weighted by molar-refractivity contribution is 6.03. The van der Waals surface area contributed by atoms with Gasteiger partial charge in [-0.2, -0.15) is 8.78 Å². The van der Waals surface area contributed by atoms with E-state index in [1.807, 2.05) is 0 Å². The number of nitrogens with zero attached hydrogens (tertiary/aromatic N) is 1. The number of hydrogen-bond donors (Lipinski definition) is 3. The molecule has 198 valence electrons. The number of carbonyl (C=O) groups excluding carboxylic acids is 4. The van der Waals surface area contributed by atoms with E-state index in [4.69, 9.17) is 19.6 Å². The number of amides is 4. The van der Waals surface area contributed by atoms with Crippen molar-refractivity contribution in [2.24, 2.45) is 11.7 Å². The maximum Gasteiger partial charge on any atom is 0.405 e. The summed E-state index contributed by atoms with van der Waals surface area (Å²) in [6, 6.07) is 2.99. The van der Waals surface area contributed by atoms with Gasteiger partial charge in [0.05, 0.1) is 6.61 Å². The number of piperidine rings is 1. The van der Waals surface area contributed by atoms with Crippen LogP contribution in [-0.2, 0) is 14.3 Å². The molecule has 0 radical (unpaired) electrons. The number of benzene rings is 1. The van der Waals surface area contributed by atoms with Crippen LogP contribution >= 0.6 is 0 Å². The Morgan fingerprint density at radius 2 is 2.00 bits per heavy atom. The number of halogens is 2. The van der Waals surface area contributed by atoms with Crippen molar-refractivity contribution < 1.29 is 46.6 Å². The third kappa shape index (κ3) is 6.51. The van der Waals surface area contributed by atoms with Gasteiger partial charge in [0.25, 0.3) is 5.91 Å². The molecule has 2 atom stereocenters. The van der Waals surface area contributed by atoms with Crippen molar-refractivity contribution in [1.82, 2.24) is 15.6 Å². The predicted molar refractivity (Wildman–Crippen MR) is 120 cm³/mol. The van der Waals surface area contributed by atoms with Crippen molar-refractivity contribution in [2.75, 3.05) is 6.61 Å². The van der Waals surface area contributed by atoms with Crippen LogP contribution < -0.4 is 25.8 Å². The molecular formula is C23H24F2N4O8. The maximum absolute atomic E-state index is 13.0. The van der Waals surface area contributed by atoms with Crippen LogP contribution in [0, 0.1) is 5.92 Å². The molecule has 1 aromatic heterocycles. The molecule has 12 nitrogen and oxygen atoms in total. The van der Waals surface area contributed by atoms with Crippen molar-refractivity contribution in [3.05, 3.63) is 29.7 Å². The monoisotopic (exact) mass is 522 g/mol. The quantitative estimate of drug-likeness (QED) is 0.396. The van der Waals surface area contributed by atoms with E-state index >= 15 is 0 Å². The van der Waals surface area contributed by atoms with Crippen LogP contribution in [0.5, 0.6) is 11.5 Å². The predicted octanol–water partition coefficient (Wildman–Crippen LogP) is 2.42. The van der Waals surface area contributed by atoms with E-state index in [0.29, 0.717) is 12.5 Å². The lowest BCUT2D eigenvalue weighted by molar-refractivity contribution is -0.134. The normalized spacial score (nSPS) is 18.2. The first-order chi connectivity index (χ1) is 17.6. The number of rotatable bonds is 10. The Kier molecular flexibility index (Phi) is 7.55. The number of imide groups is 1. The summed E-state index contributed by atoms with van der Waals surface area (Å²) in [4.78, 5) is 52.0. The van der Waals surface area contributed by atoms with Gasteiger partial charge in [0, 0.05) is 12.0 Å². The molecule has 1 aromatic carbocycles.